The predicted octanol–water partition coefficient (Wildman–Crippen LogP) is -0.878. The molecule has 86 valence electrons. The zero-order valence-electron chi connectivity index (χ0n) is 9.02. The number of carbonyl (C=O) groups is 2. The van der Waals surface area contributed by atoms with E-state index in [1.807, 2.05) is 0 Å². The van der Waals surface area contributed by atoms with Gasteiger partial charge in [-0.15, -0.1) is 0 Å². The maximum absolute atomic E-state index is 11.5. The van der Waals surface area contributed by atoms with Gasteiger partial charge in [-0.3, -0.25) is 9.59 Å². The topological polar surface area (TPSA) is 110 Å². The number of anilines is 1. The van der Waals surface area contributed by atoms with Gasteiger partial charge in [0.25, 0.3) is 5.91 Å². The van der Waals surface area contributed by atoms with Crippen LogP contribution in [0.1, 0.15) is 17.4 Å². The first-order chi connectivity index (χ1) is 7.54. The molecule has 0 aliphatic heterocycles. The molecule has 1 rings (SSSR count). The van der Waals surface area contributed by atoms with E-state index >= 15 is 0 Å². The van der Waals surface area contributed by atoms with E-state index < -0.39 is 17.9 Å². The second-order valence-corrected chi connectivity index (χ2v) is 3.13. The molecule has 1 aromatic heterocycles. The molecular weight excluding hydrogens is 210 g/mol. The molecule has 16 heavy (non-hydrogen) atoms. The van der Waals surface area contributed by atoms with Gasteiger partial charge in [0.2, 0.25) is 5.91 Å². The van der Waals surface area contributed by atoms with E-state index in [2.05, 4.69) is 20.6 Å². The fourth-order valence-corrected chi connectivity index (χ4v) is 0.916. The molecular formula is C9H13N5O2. The van der Waals surface area contributed by atoms with Crippen molar-refractivity contribution < 1.29 is 9.59 Å². The normalized spacial score (nSPS) is 11.6. The molecule has 0 saturated heterocycles. The molecule has 0 fully saturated rings. The van der Waals surface area contributed by atoms with Crippen molar-refractivity contribution in [1.82, 2.24) is 15.3 Å². The van der Waals surface area contributed by atoms with Crippen LogP contribution < -0.4 is 16.4 Å². The van der Waals surface area contributed by atoms with Crippen LogP contribution in [0.3, 0.4) is 0 Å². The monoisotopic (exact) mass is 223 g/mol. The summed E-state index contributed by atoms with van der Waals surface area (Å²) in [7, 11) is 1.69. The first kappa shape index (κ1) is 11.9. The molecule has 0 saturated carbocycles. The van der Waals surface area contributed by atoms with Gasteiger partial charge in [0, 0.05) is 7.05 Å². The van der Waals surface area contributed by atoms with E-state index in [9.17, 15) is 9.59 Å². The number of hydrogen-bond donors (Lipinski definition) is 3. The summed E-state index contributed by atoms with van der Waals surface area (Å²) in [5.74, 6) is -0.533. The van der Waals surface area contributed by atoms with Gasteiger partial charge in [0.15, 0.2) is 0 Å². The van der Waals surface area contributed by atoms with Gasteiger partial charge in [-0.25, -0.2) is 9.97 Å². The highest BCUT2D eigenvalue weighted by atomic mass is 16.2. The molecule has 0 bridgehead atoms. The van der Waals surface area contributed by atoms with E-state index in [0.29, 0.717) is 5.82 Å². The van der Waals surface area contributed by atoms with Crippen LogP contribution >= 0.6 is 0 Å². The van der Waals surface area contributed by atoms with Crippen LogP contribution in [0.5, 0.6) is 0 Å². The minimum atomic E-state index is -0.738. The maximum atomic E-state index is 11.5. The Kier molecular flexibility index (Phi) is 3.76. The van der Waals surface area contributed by atoms with E-state index in [-0.39, 0.29) is 5.69 Å². The summed E-state index contributed by atoms with van der Waals surface area (Å²) in [4.78, 5) is 30.0. The summed E-state index contributed by atoms with van der Waals surface area (Å²) in [6, 6.07) is -0.738. The van der Waals surface area contributed by atoms with Crippen molar-refractivity contribution in [3.63, 3.8) is 0 Å². The van der Waals surface area contributed by atoms with Crippen molar-refractivity contribution in [3.05, 3.63) is 18.1 Å². The van der Waals surface area contributed by atoms with Crippen molar-refractivity contribution in [2.45, 2.75) is 13.0 Å². The predicted molar refractivity (Wildman–Crippen MR) is 57.7 cm³/mol. The molecule has 4 N–H and O–H groups in total. The first-order valence-electron chi connectivity index (χ1n) is 4.64. The summed E-state index contributed by atoms with van der Waals surface area (Å²) in [5, 5.41) is 5.17. The first-order valence-corrected chi connectivity index (χ1v) is 4.64. The van der Waals surface area contributed by atoms with Gasteiger partial charge in [0.05, 0.1) is 12.4 Å². The minimum Gasteiger partial charge on any atom is -0.372 e. The third-order valence-corrected chi connectivity index (χ3v) is 1.91. The van der Waals surface area contributed by atoms with Crippen LogP contribution in [-0.2, 0) is 4.79 Å². The van der Waals surface area contributed by atoms with Gasteiger partial charge < -0.3 is 16.4 Å². The van der Waals surface area contributed by atoms with E-state index in [4.69, 9.17) is 5.73 Å². The zero-order valence-corrected chi connectivity index (χ0v) is 9.02. The van der Waals surface area contributed by atoms with Gasteiger partial charge in [0.1, 0.15) is 17.6 Å². The Balaban J connectivity index is 2.69. The van der Waals surface area contributed by atoms with Gasteiger partial charge in [-0.2, -0.15) is 0 Å². The van der Waals surface area contributed by atoms with Crippen molar-refractivity contribution in [3.8, 4) is 0 Å². The number of carbonyl (C=O) groups excluding carboxylic acids is 2. The van der Waals surface area contributed by atoms with Crippen LogP contribution in [-0.4, -0.2) is 34.9 Å². The fraction of sp³-hybridized carbons (Fsp3) is 0.333. The highest BCUT2D eigenvalue weighted by Crippen LogP contribution is 1.99. The molecule has 0 aliphatic rings. The number of primary amides is 1. The molecule has 0 aromatic carbocycles. The number of rotatable bonds is 4. The van der Waals surface area contributed by atoms with Crippen LogP contribution in [0.2, 0.25) is 0 Å². The molecule has 0 radical (unpaired) electrons. The number of amides is 2. The summed E-state index contributed by atoms with van der Waals surface area (Å²) in [6.45, 7) is 1.50. The second kappa shape index (κ2) is 5.06. The Morgan fingerprint density at radius 1 is 1.38 bits per heavy atom. The molecule has 1 unspecified atom stereocenters. The fourth-order valence-electron chi connectivity index (χ4n) is 0.916. The largest absolute Gasteiger partial charge is 0.372 e. The Labute approximate surface area is 92.5 Å². The number of nitrogens with one attached hydrogen (secondary N) is 2. The summed E-state index contributed by atoms with van der Waals surface area (Å²) < 4.78 is 0. The molecule has 2 amide bonds. The van der Waals surface area contributed by atoms with Gasteiger partial charge in [-0.1, -0.05) is 0 Å². The Bertz CT molecular complexity index is 389. The zero-order chi connectivity index (χ0) is 12.1. The smallest absolute Gasteiger partial charge is 0.272 e. The number of aromatic nitrogens is 2. The summed E-state index contributed by atoms with van der Waals surface area (Å²) >= 11 is 0. The molecule has 1 atom stereocenters. The average Bonchev–Trinajstić information content (AvgIpc) is 2.28. The van der Waals surface area contributed by atoms with Crippen molar-refractivity contribution in [1.29, 1.82) is 0 Å². The minimum absolute atomic E-state index is 0.132. The average molecular weight is 223 g/mol. The van der Waals surface area contributed by atoms with E-state index in [1.54, 1.807) is 7.05 Å². The lowest BCUT2D eigenvalue weighted by atomic mass is 10.3. The lowest BCUT2D eigenvalue weighted by Crippen LogP contribution is -2.42. The third kappa shape index (κ3) is 2.91. The number of hydrogen-bond acceptors (Lipinski definition) is 5. The van der Waals surface area contributed by atoms with Crippen molar-refractivity contribution in [2.75, 3.05) is 12.4 Å². The lowest BCUT2D eigenvalue weighted by molar-refractivity contribution is -0.119. The van der Waals surface area contributed by atoms with Crippen molar-refractivity contribution >= 4 is 17.6 Å². The third-order valence-electron chi connectivity index (χ3n) is 1.91. The van der Waals surface area contributed by atoms with Gasteiger partial charge >= 0.3 is 0 Å². The SMILES string of the molecule is CNc1cnc(C(=O)NC(C)C(N)=O)cn1. The Hall–Kier alpha value is -2.18. The van der Waals surface area contributed by atoms with Gasteiger partial charge in [-0.05, 0) is 6.92 Å². The Morgan fingerprint density at radius 2 is 2.06 bits per heavy atom. The van der Waals surface area contributed by atoms with E-state index in [1.165, 1.54) is 19.3 Å². The maximum Gasteiger partial charge on any atom is 0.272 e. The Morgan fingerprint density at radius 3 is 2.50 bits per heavy atom. The highest BCUT2D eigenvalue weighted by Gasteiger charge is 2.14. The van der Waals surface area contributed by atoms with Crippen LogP contribution in [0.4, 0.5) is 5.82 Å². The standard InChI is InChI=1S/C9H13N5O2/c1-5(8(10)15)14-9(16)6-3-13-7(11-2)4-12-6/h3-5H,1-2H3,(H2,10,15)(H,11,13)(H,14,16). The molecule has 0 spiro atoms. The van der Waals surface area contributed by atoms with Crippen LogP contribution in [0, 0.1) is 0 Å². The van der Waals surface area contributed by atoms with E-state index in [0.717, 1.165) is 0 Å². The quantitative estimate of drug-likeness (QED) is 0.614. The number of nitrogens with zero attached hydrogens (tertiary/aromatic N) is 2. The molecule has 0 aliphatic carbocycles. The second-order valence-electron chi connectivity index (χ2n) is 3.13. The number of nitrogens with two attached hydrogens (primary N) is 1. The highest BCUT2D eigenvalue weighted by molar-refractivity contribution is 5.95. The molecule has 7 heteroatoms. The molecule has 1 aromatic rings. The van der Waals surface area contributed by atoms with Crippen LogP contribution in [0.25, 0.3) is 0 Å². The van der Waals surface area contributed by atoms with Crippen molar-refractivity contribution in [2.24, 2.45) is 5.73 Å². The molecule has 1 heterocycles. The molecule has 7 nitrogen and oxygen atoms in total. The lowest BCUT2D eigenvalue weighted by Gasteiger charge is -2.09. The summed E-state index contributed by atoms with van der Waals surface area (Å²) in [5.41, 5.74) is 5.14. The summed E-state index contributed by atoms with van der Waals surface area (Å²) in [6.07, 6.45) is 2.73. The van der Waals surface area contributed by atoms with Crippen LogP contribution in [0.15, 0.2) is 12.4 Å².